The topological polar surface area (TPSA) is 55.8 Å². The molecule has 0 aromatic carbocycles. The van der Waals surface area contributed by atoms with Crippen LogP contribution >= 0.6 is 0 Å². The maximum Gasteiger partial charge on any atom is 0.249 e. The number of rotatable bonds is 5. The summed E-state index contributed by atoms with van der Waals surface area (Å²) in [4.78, 5) is 27.0. The Morgan fingerprint density at radius 1 is 1.20 bits per heavy atom. The number of hydrogen-bond donors (Lipinski definition) is 0. The van der Waals surface area contributed by atoms with Crippen molar-refractivity contribution in [2.75, 3.05) is 26.4 Å². The van der Waals surface area contributed by atoms with Crippen LogP contribution in [0.2, 0.25) is 0 Å². The van der Waals surface area contributed by atoms with E-state index in [9.17, 15) is 9.59 Å². The summed E-state index contributed by atoms with van der Waals surface area (Å²) in [6.07, 6.45) is 9.71. The number of ketones is 1. The Hall–Kier alpha value is -0.940. The molecule has 3 rings (SSSR count). The van der Waals surface area contributed by atoms with Crippen LogP contribution in [0.3, 0.4) is 0 Å². The van der Waals surface area contributed by atoms with Crippen LogP contribution in [0.4, 0.5) is 0 Å². The van der Waals surface area contributed by atoms with E-state index >= 15 is 0 Å². The molecule has 142 valence electrons. The van der Waals surface area contributed by atoms with Crippen molar-refractivity contribution in [2.45, 2.75) is 76.9 Å². The van der Waals surface area contributed by atoms with Crippen molar-refractivity contribution in [3.05, 3.63) is 0 Å². The van der Waals surface area contributed by atoms with Crippen LogP contribution in [-0.2, 0) is 19.1 Å². The molecule has 0 spiro atoms. The first-order chi connectivity index (χ1) is 12.2. The van der Waals surface area contributed by atoms with Gasteiger partial charge in [-0.15, -0.1) is 0 Å². The molecule has 1 heterocycles. The molecule has 5 heteroatoms. The summed E-state index contributed by atoms with van der Waals surface area (Å²) < 4.78 is 11.7. The van der Waals surface area contributed by atoms with E-state index in [1.807, 2.05) is 4.90 Å². The Balaban J connectivity index is 1.57. The molecule has 4 atom stereocenters. The van der Waals surface area contributed by atoms with Crippen LogP contribution in [0.1, 0.15) is 64.7 Å². The van der Waals surface area contributed by atoms with Crippen LogP contribution in [0.5, 0.6) is 0 Å². The Kier molecular flexibility index (Phi) is 6.88. The van der Waals surface area contributed by atoms with Gasteiger partial charge in [0, 0.05) is 18.9 Å². The smallest absolute Gasteiger partial charge is 0.249 e. The quantitative estimate of drug-likeness (QED) is 0.764. The highest BCUT2D eigenvalue weighted by Gasteiger charge is 2.38. The fraction of sp³-hybridized carbons (Fsp3) is 0.900. The lowest BCUT2D eigenvalue weighted by Gasteiger charge is -2.41. The molecule has 2 saturated carbocycles. The Bertz CT molecular complexity index is 467. The van der Waals surface area contributed by atoms with Crippen LogP contribution in [0, 0.1) is 11.8 Å². The molecule has 0 N–H and O–H groups in total. The lowest BCUT2D eigenvalue weighted by molar-refractivity contribution is -0.153. The van der Waals surface area contributed by atoms with E-state index in [1.54, 1.807) is 0 Å². The summed E-state index contributed by atoms with van der Waals surface area (Å²) in [6, 6.07) is -0.0917. The van der Waals surface area contributed by atoms with Crippen molar-refractivity contribution in [1.82, 2.24) is 4.90 Å². The number of ether oxygens (including phenoxy) is 2. The van der Waals surface area contributed by atoms with Crippen molar-refractivity contribution < 1.29 is 19.1 Å². The van der Waals surface area contributed by atoms with Gasteiger partial charge < -0.3 is 14.4 Å². The maximum absolute atomic E-state index is 12.8. The van der Waals surface area contributed by atoms with Crippen molar-refractivity contribution >= 4 is 11.7 Å². The van der Waals surface area contributed by atoms with Crippen LogP contribution in [-0.4, -0.2) is 55.1 Å². The maximum atomic E-state index is 12.8. The predicted octanol–water partition coefficient (Wildman–Crippen LogP) is 2.96. The molecule has 1 saturated heterocycles. The second-order valence-electron chi connectivity index (χ2n) is 7.85. The summed E-state index contributed by atoms with van der Waals surface area (Å²) in [6.45, 7) is 3.99. The van der Waals surface area contributed by atoms with E-state index in [0.29, 0.717) is 37.9 Å². The molecule has 3 aliphatic rings. The Morgan fingerprint density at radius 2 is 2.00 bits per heavy atom. The molecule has 4 unspecified atom stereocenters. The van der Waals surface area contributed by atoms with E-state index < -0.39 is 0 Å². The normalized spacial score (nSPS) is 34.1. The first kappa shape index (κ1) is 18.8. The number of morpholine rings is 1. The third-order valence-corrected chi connectivity index (χ3v) is 6.34. The van der Waals surface area contributed by atoms with Gasteiger partial charge in [-0.25, -0.2) is 0 Å². The van der Waals surface area contributed by atoms with Gasteiger partial charge in [-0.05, 0) is 31.6 Å². The zero-order valence-electron chi connectivity index (χ0n) is 15.6. The third kappa shape index (κ3) is 4.62. The number of Topliss-reactive ketones (excluding diaryl/α,β-unsaturated/α-hetero) is 1. The average Bonchev–Trinajstić information content (AvgIpc) is 2.66. The Morgan fingerprint density at radius 3 is 2.80 bits per heavy atom. The van der Waals surface area contributed by atoms with E-state index in [4.69, 9.17) is 9.47 Å². The number of nitrogens with zero attached hydrogens (tertiary/aromatic N) is 1. The van der Waals surface area contributed by atoms with E-state index in [2.05, 4.69) is 6.92 Å². The monoisotopic (exact) mass is 351 g/mol. The second kappa shape index (κ2) is 9.13. The van der Waals surface area contributed by atoms with Gasteiger partial charge in [-0.3, -0.25) is 9.59 Å². The summed E-state index contributed by atoms with van der Waals surface area (Å²) in [5.41, 5.74) is 0. The minimum atomic E-state index is -0.0917. The highest BCUT2D eigenvalue weighted by atomic mass is 16.5. The summed E-state index contributed by atoms with van der Waals surface area (Å²) in [5, 5.41) is 0. The first-order valence-corrected chi connectivity index (χ1v) is 10.2. The molecular weight excluding hydrogens is 318 g/mol. The standard InChI is InChI=1S/C20H33NO4/c1-2-15-7-3-6-10-19(15)25-14-20(23)21-11-12-24-13-17(21)16-8-4-5-9-18(16)22/h15-17,19H,2-14H2,1H3. The lowest BCUT2D eigenvalue weighted by Crippen LogP contribution is -2.55. The molecule has 0 aromatic heterocycles. The SMILES string of the molecule is CCC1CCCCC1OCC(=O)N1CCOCC1C1CCCCC1=O. The van der Waals surface area contributed by atoms with Crippen LogP contribution in [0.15, 0.2) is 0 Å². The van der Waals surface area contributed by atoms with Gasteiger partial charge in [0.05, 0.1) is 25.4 Å². The van der Waals surface area contributed by atoms with Crippen LogP contribution in [0.25, 0.3) is 0 Å². The Labute approximate surface area is 151 Å². The number of carbonyl (C=O) groups excluding carboxylic acids is 2. The van der Waals surface area contributed by atoms with Crippen LogP contribution < -0.4 is 0 Å². The number of hydrogen-bond acceptors (Lipinski definition) is 4. The van der Waals surface area contributed by atoms with Gasteiger partial charge >= 0.3 is 0 Å². The zero-order valence-corrected chi connectivity index (χ0v) is 15.6. The van der Waals surface area contributed by atoms with Gasteiger partial charge in [0.2, 0.25) is 5.91 Å². The molecule has 25 heavy (non-hydrogen) atoms. The molecule has 5 nitrogen and oxygen atoms in total. The van der Waals surface area contributed by atoms with E-state index in [0.717, 1.165) is 32.1 Å². The summed E-state index contributed by atoms with van der Waals surface area (Å²) >= 11 is 0. The van der Waals surface area contributed by atoms with Gasteiger partial charge in [0.25, 0.3) is 0 Å². The minimum absolute atomic E-state index is 0.0344. The predicted molar refractivity (Wildman–Crippen MR) is 95.3 cm³/mol. The largest absolute Gasteiger partial charge is 0.377 e. The fourth-order valence-corrected chi connectivity index (χ4v) is 4.80. The van der Waals surface area contributed by atoms with Crippen molar-refractivity contribution in [2.24, 2.45) is 11.8 Å². The number of carbonyl (C=O) groups is 2. The average molecular weight is 351 g/mol. The molecule has 0 radical (unpaired) electrons. The molecule has 1 aliphatic heterocycles. The van der Waals surface area contributed by atoms with Gasteiger partial charge in [-0.2, -0.15) is 0 Å². The zero-order chi connectivity index (χ0) is 17.6. The van der Waals surface area contributed by atoms with Crippen molar-refractivity contribution in [3.8, 4) is 0 Å². The third-order valence-electron chi connectivity index (χ3n) is 6.34. The molecule has 3 fully saturated rings. The van der Waals surface area contributed by atoms with Gasteiger partial charge in [0.15, 0.2) is 0 Å². The molecular formula is C20H33NO4. The second-order valence-corrected chi connectivity index (χ2v) is 7.85. The van der Waals surface area contributed by atoms with E-state index in [1.165, 1.54) is 19.3 Å². The minimum Gasteiger partial charge on any atom is -0.377 e. The molecule has 0 bridgehead atoms. The lowest BCUT2D eigenvalue weighted by atomic mass is 9.82. The first-order valence-electron chi connectivity index (χ1n) is 10.2. The molecule has 1 amide bonds. The highest BCUT2D eigenvalue weighted by molar-refractivity contribution is 5.84. The summed E-state index contributed by atoms with van der Waals surface area (Å²) in [7, 11) is 0. The highest BCUT2D eigenvalue weighted by Crippen LogP contribution is 2.30. The number of amides is 1. The summed E-state index contributed by atoms with van der Waals surface area (Å²) in [5.74, 6) is 0.879. The molecule has 2 aliphatic carbocycles. The van der Waals surface area contributed by atoms with Gasteiger partial charge in [0.1, 0.15) is 12.4 Å². The van der Waals surface area contributed by atoms with Gasteiger partial charge in [-0.1, -0.05) is 32.6 Å². The molecule has 0 aromatic rings. The van der Waals surface area contributed by atoms with Crippen molar-refractivity contribution in [3.63, 3.8) is 0 Å². The van der Waals surface area contributed by atoms with E-state index in [-0.39, 0.29) is 30.6 Å². The fourth-order valence-electron chi connectivity index (χ4n) is 4.80. The van der Waals surface area contributed by atoms with Crippen molar-refractivity contribution in [1.29, 1.82) is 0 Å².